The SMILES string of the molecule is CC(Cc1ccccc1)NS(=O)(=O)c1ccc(-c2ncc(-c3ccccc3)s2)s1. The Morgan fingerprint density at radius 2 is 1.59 bits per heavy atom. The highest BCUT2D eigenvalue weighted by Gasteiger charge is 2.21. The monoisotopic (exact) mass is 440 g/mol. The van der Waals surface area contributed by atoms with Crippen LogP contribution < -0.4 is 4.72 Å². The van der Waals surface area contributed by atoms with Gasteiger partial charge in [0.15, 0.2) is 0 Å². The molecule has 7 heteroatoms. The van der Waals surface area contributed by atoms with Crippen LogP contribution in [0.15, 0.2) is 83.2 Å². The number of rotatable bonds is 7. The van der Waals surface area contributed by atoms with E-state index in [-0.39, 0.29) is 6.04 Å². The zero-order chi connectivity index (χ0) is 20.3. The summed E-state index contributed by atoms with van der Waals surface area (Å²) in [6, 6.07) is 23.2. The zero-order valence-electron chi connectivity index (χ0n) is 15.8. The summed E-state index contributed by atoms with van der Waals surface area (Å²) in [6.07, 6.45) is 2.48. The second kappa shape index (κ2) is 8.59. The summed E-state index contributed by atoms with van der Waals surface area (Å²) in [4.78, 5) is 6.41. The van der Waals surface area contributed by atoms with Crippen molar-refractivity contribution in [2.24, 2.45) is 0 Å². The van der Waals surface area contributed by atoms with Crippen LogP contribution in [0.1, 0.15) is 12.5 Å². The molecular formula is C22H20N2O2S3. The molecule has 0 aliphatic rings. The van der Waals surface area contributed by atoms with Gasteiger partial charge in [0.2, 0.25) is 10.0 Å². The van der Waals surface area contributed by atoms with E-state index in [0.717, 1.165) is 25.9 Å². The van der Waals surface area contributed by atoms with Crippen LogP contribution in [0.2, 0.25) is 0 Å². The maximum atomic E-state index is 12.8. The van der Waals surface area contributed by atoms with Crippen LogP contribution in [0, 0.1) is 0 Å². The summed E-state index contributed by atoms with van der Waals surface area (Å²) in [5.41, 5.74) is 2.21. The summed E-state index contributed by atoms with van der Waals surface area (Å²) in [7, 11) is -3.57. The highest BCUT2D eigenvalue weighted by Crippen LogP contribution is 2.36. The second-order valence-electron chi connectivity index (χ2n) is 6.73. The number of benzene rings is 2. The lowest BCUT2D eigenvalue weighted by Crippen LogP contribution is -2.33. The molecule has 2 aromatic carbocycles. The minimum atomic E-state index is -3.57. The summed E-state index contributed by atoms with van der Waals surface area (Å²) in [5, 5.41) is 0.827. The van der Waals surface area contributed by atoms with E-state index < -0.39 is 10.0 Å². The van der Waals surface area contributed by atoms with Crippen LogP contribution >= 0.6 is 22.7 Å². The molecule has 1 N–H and O–H groups in total. The topological polar surface area (TPSA) is 59.1 Å². The highest BCUT2D eigenvalue weighted by atomic mass is 32.2. The molecule has 0 bridgehead atoms. The van der Waals surface area contributed by atoms with Gasteiger partial charge < -0.3 is 0 Å². The van der Waals surface area contributed by atoms with Gasteiger partial charge in [-0.1, -0.05) is 60.7 Å². The molecule has 2 aromatic heterocycles. The van der Waals surface area contributed by atoms with Gasteiger partial charge in [-0.3, -0.25) is 0 Å². The van der Waals surface area contributed by atoms with Crippen LogP contribution in [0.4, 0.5) is 0 Å². The third kappa shape index (κ3) is 4.82. The molecule has 0 saturated carbocycles. The van der Waals surface area contributed by atoms with Crippen molar-refractivity contribution in [3.05, 3.63) is 84.6 Å². The standard InChI is InChI=1S/C22H20N2O2S3/c1-16(14-17-8-4-2-5-9-17)24-29(25,26)21-13-12-19(27-21)22-23-15-20(28-22)18-10-6-3-7-11-18/h2-13,15-16,24H,14H2,1H3. The molecule has 0 saturated heterocycles. The van der Waals surface area contributed by atoms with Crippen molar-refractivity contribution in [1.82, 2.24) is 9.71 Å². The average molecular weight is 441 g/mol. The van der Waals surface area contributed by atoms with Gasteiger partial charge in [-0.05, 0) is 36.6 Å². The van der Waals surface area contributed by atoms with E-state index in [2.05, 4.69) is 9.71 Å². The molecule has 4 nitrogen and oxygen atoms in total. The summed E-state index contributed by atoms with van der Waals surface area (Å²) >= 11 is 2.81. The van der Waals surface area contributed by atoms with Gasteiger partial charge in [0.1, 0.15) is 9.22 Å². The Balaban J connectivity index is 1.49. The molecule has 0 radical (unpaired) electrons. The minimum Gasteiger partial charge on any atom is -0.243 e. The van der Waals surface area contributed by atoms with Gasteiger partial charge in [-0.25, -0.2) is 18.1 Å². The van der Waals surface area contributed by atoms with Crippen molar-refractivity contribution >= 4 is 32.7 Å². The molecule has 0 amide bonds. The van der Waals surface area contributed by atoms with Crippen molar-refractivity contribution in [1.29, 1.82) is 0 Å². The van der Waals surface area contributed by atoms with Gasteiger partial charge in [-0.2, -0.15) is 0 Å². The Kier molecular flexibility index (Phi) is 5.91. The number of nitrogens with one attached hydrogen (secondary N) is 1. The van der Waals surface area contributed by atoms with E-state index in [1.165, 1.54) is 11.3 Å². The fraction of sp³-hybridized carbons (Fsp3) is 0.136. The lowest BCUT2D eigenvalue weighted by molar-refractivity contribution is 0.562. The summed E-state index contributed by atoms with van der Waals surface area (Å²) in [6.45, 7) is 1.88. The first-order valence-electron chi connectivity index (χ1n) is 9.19. The van der Waals surface area contributed by atoms with Crippen LogP contribution in [-0.2, 0) is 16.4 Å². The molecule has 0 spiro atoms. The Morgan fingerprint density at radius 3 is 2.31 bits per heavy atom. The first-order chi connectivity index (χ1) is 14.0. The lowest BCUT2D eigenvalue weighted by Gasteiger charge is -2.13. The number of nitrogens with zero attached hydrogens (tertiary/aromatic N) is 1. The fourth-order valence-electron chi connectivity index (χ4n) is 3.04. The number of aromatic nitrogens is 1. The van der Waals surface area contributed by atoms with Crippen molar-refractivity contribution in [2.45, 2.75) is 23.6 Å². The molecule has 0 aliphatic heterocycles. The lowest BCUT2D eigenvalue weighted by atomic mass is 10.1. The van der Waals surface area contributed by atoms with Crippen LogP contribution in [0.5, 0.6) is 0 Å². The molecule has 4 rings (SSSR count). The van der Waals surface area contributed by atoms with Crippen molar-refractivity contribution in [2.75, 3.05) is 0 Å². The van der Waals surface area contributed by atoms with Crippen molar-refractivity contribution < 1.29 is 8.42 Å². The third-order valence-corrected chi connectivity index (χ3v) is 8.74. The highest BCUT2D eigenvalue weighted by molar-refractivity contribution is 7.91. The van der Waals surface area contributed by atoms with Gasteiger partial charge in [-0.15, -0.1) is 22.7 Å². The van der Waals surface area contributed by atoms with E-state index in [4.69, 9.17) is 0 Å². The zero-order valence-corrected chi connectivity index (χ0v) is 18.2. The summed E-state index contributed by atoms with van der Waals surface area (Å²) in [5.74, 6) is 0. The van der Waals surface area contributed by atoms with E-state index >= 15 is 0 Å². The number of hydrogen-bond acceptors (Lipinski definition) is 5. The minimum absolute atomic E-state index is 0.197. The van der Waals surface area contributed by atoms with Crippen molar-refractivity contribution in [3.8, 4) is 20.3 Å². The maximum absolute atomic E-state index is 12.8. The van der Waals surface area contributed by atoms with Crippen molar-refractivity contribution in [3.63, 3.8) is 0 Å². The Hall–Kier alpha value is -2.32. The molecule has 1 atom stereocenters. The second-order valence-corrected chi connectivity index (χ2v) is 10.8. The molecule has 4 aromatic rings. The van der Waals surface area contributed by atoms with E-state index in [1.807, 2.05) is 79.9 Å². The fourth-order valence-corrected chi connectivity index (χ4v) is 6.59. The predicted molar refractivity (Wildman–Crippen MR) is 121 cm³/mol. The molecule has 1 unspecified atom stereocenters. The molecule has 148 valence electrons. The summed E-state index contributed by atoms with van der Waals surface area (Å²) < 4.78 is 28.7. The van der Waals surface area contributed by atoms with Gasteiger partial charge in [0.25, 0.3) is 0 Å². The molecule has 2 heterocycles. The molecule has 0 aliphatic carbocycles. The number of hydrogen-bond donors (Lipinski definition) is 1. The Bertz CT molecular complexity index is 1180. The first-order valence-corrected chi connectivity index (χ1v) is 12.3. The number of thiazole rings is 1. The number of thiophene rings is 1. The van der Waals surface area contributed by atoms with Crippen LogP contribution in [0.3, 0.4) is 0 Å². The number of sulfonamides is 1. The Morgan fingerprint density at radius 1 is 0.897 bits per heavy atom. The third-order valence-electron chi connectivity index (χ3n) is 4.36. The van der Waals surface area contributed by atoms with Gasteiger partial charge in [0, 0.05) is 12.2 Å². The largest absolute Gasteiger partial charge is 0.250 e. The van der Waals surface area contributed by atoms with E-state index in [1.54, 1.807) is 17.4 Å². The normalized spacial score (nSPS) is 12.7. The van der Waals surface area contributed by atoms with Gasteiger partial charge in [0.05, 0.1) is 9.75 Å². The van der Waals surface area contributed by atoms with Crippen LogP contribution in [-0.4, -0.2) is 19.4 Å². The quantitative estimate of drug-likeness (QED) is 0.416. The molecule has 0 fully saturated rings. The van der Waals surface area contributed by atoms with Crippen LogP contribution in [0.25, 0.3) is 20.3 Å². The predicted octanol–water partition coefficient (Wildman–Crippen LogP) is 5.45. The molecular weight excluding hydrogens is 420 g/mol. The average Bonchev–Trinajstić information content (AvgIpc) is 3.39. The maximum Gasteiger partial charge on any atom is 0.250 e. The van der Waals surface area contributed by atoms with Gasteiger partial charge >= 0.3 is 0 Å². The molecule has 29 heavy (non-hydrogen) atoms. The smallest absolute Gasteiger partial charge is 0.243 e. The Labute approximate surface area is 179 Å². The first kappa shape index (κ1) is 20.0. The van der Waals surface area contributed by atoms with E-state index in [0.29, 0.717) is 10.6 Å². The van der Waals surface area contributed by atoms with E-state index in [9.17, 15) is 8.42 Å².